The molecule has 0 aromatic rings. The highest BCUT2D eigenvalue weighted by Gasteiger charge is 2.27. The summed E-state index contributed by atoms with van der Waals surface area (Å²) in [6.45, 7) is 8.50. The quantitative estimate of drug-likeness (QED) is 0.709. The van der Waals surface area contributed by atoms with Crippen molar-refractivity contribution in [1.29, 1.82) is 0 Å². The molecule has 1 unspecified atom stereocenters. The molecular weight excluding hydrogens is 254 g/mol. The minimum Gasteiger partial charge on any atom is -0.342 e. The molecule has 0 aromatic heterocycles. The zero-order valence-electron chi connectivity index (χ0n) is 10.1. The molecule has 0 radical (unpaired) electrons. The number of alkyl halides is 1. The van der Waals surface area contributed by atoms with Gasteiger partial charge in [0, 0.05) is 13.1 Å². The topological polar surface area (TPSA) is 20.3 Å². The first kappa shape index (κ1) is 13.0. The van der Waals surface area contributed by atoms with Gasteiger partial charge < -0.3 is 4.90 Å². The molecule has 1 aliphatic heterocycles. The van der Waals surface area contributed by atoms with Crippen LogP contribution in [0.4, 0.5) is 0 Å². The fraction of sp³-hybridized carbons (Fsp3) is 0.917. The van der Waals surface area contributed by atoms with Crippen molar-refractivity contribution in [3.63, 3.8) is 0 Å². The van der Waals surface area contributed by atoms with E-state index in [1.54, 1.807) is 0 Å². The fourth-order valence-corrected chi connectivity index (χ4v) is 2.31. The summed E-state index contributed by atoms with van der Waals surface area (Å²) in [6.07, 6.45) is 4.37. The molecule has 0 bridgehead atoms. The van der Waals surface area contributed by atoms with E-state index in [0.717, 1.165) is 32.4 Å². The minimum atomic E-state index is 0.0127. The van der Waals surface area contributed by atoms with Crippen LogP contribution in [0.3, 0.4) is 0 Å². The van der Waals surface area contributed by atoms with Gasteiger partial charge in [0.15, 0.2) is 0 Å². The fourth-order valence-electron chi connectivity index (χ4n) is 2.02. The highest BCUT2D eigenvalue weighted by molar-refractivity contribution is 9.10. The first-order valence-corrected chi connectivity index (χ1v) is 6.81. The van der Waals surface area contributed by atoms with Crippen molar-refractivity contribution in [3.8, 4) is 0 Å². The lowest BCUT2D eigenvalue weighted by Gasteiger charge is -2.24. The number of hydrogen-bond donors (Lipinski definition) is 0. The Labute approximate surface area is 102 Å². The Kier molecular flexibility index (Phi) is 4.63. The predicted octanol–water partition coefficient (Wildman–Crippen LogP) is 3.20. The number of nitrogens with zero attached hydrogens (tertiary/aromatic N) is 1. The van der Waals surface area contributed by atoms with Crippen LogP contribution in [0.2, 0.25) is 0 Å². The molecule has 3 heteroatoms. The molecule has 0 aromatic carbocycles. The van der Waals surface area contributed by atoms with E-state index < -0.39 is 0 Å². The lowest BCUT2D eigenvalue weighted by Crippen LogP contribution is -2.37. The Bertz CT molecular complexity index is 228. The SMILES string of the molecule is CCC(Br)C(=O)N1CCCC(C)(C)CC1. The first-order valence-electron chi connectivity index (χ1n) is 5.89. The van der Waals surface area contributed by atoms with Crippen molar-refractivity contribution in [2.75, 3.05) is 13.1 Å². The van der Waals surface area contributed by atoms with Crippen molar-refractivity contribution in [2.24, 2.45) is 5.41 Å². The van der Waals surface area contributed by atoms with Crippen LogP contribution in [0, 0.1) is 5.41 Å². The summed E-state index contributed by atoms with van der Waals surface area (Å²) >= 11 is 3.44. The molecule has 88 valence electrons. The first-order chi connectivity index (χ1) is 6.96. The molecule has 0 aliphatic carbocycles. The third-order valence-electron chi connectivity index (χ3n) is 3.28. The van der Waals surface area contributed by atoms with Gasteiger partial charge in [-0.25, -0.2) is 0 Å². The number of halogens is 1. The lowest BCUT2D eigenvalue weighted by atomic mass is 9.85. The molecule has 1 atom stereocenters. The molecular formula is C12H22BrNO. The highest BCUT2D eigenvalue weighted by atomic mass is 79.9. The normalized spacial score (nSPS) is 23.3. The Balaban J connectivity index is 2.54. The molecule has 1 fully saturated rings. The van der Waals surface area contributed by atoms with Crippen LogP contribution >= 0.6 is 15.9 Å². The minimum absolute atomic E-state index is 0.0127. The van der Waals surface area contributed by atoms with Gasteiger partial charge in [0.2, 0.25) is 5.91 Å². The Morgan fingerprint density at radius 3 is 2.67 bits per heavy atom. The van der Waals surface area contributed by atoms with Gasteiger partial charge in [-0.05, 0) is 31.1 Å². The molecule has 0 N–H and O–H groups in total. The third-order valence-corrected chi connectivity index (χ3v) is 4.32. The third kappa shape index (κ3) is 3.78. The number of hydrogen-bond acceptors (Lipinski definition) is 1. The van der Waals surface area contributed by atoms with Gasteiger partial charge in [0.05, 0.1) is 4.83 Å². The molecule has 2 nitrogen and oxygen atoms in total. The molecule has 1 saturated heterocycles. The summed E-state index contributed by atoms with van der Waals surface area (Å²) in [4.78, 5) is 14.0. The number of carbonyl (C=O) groups excluding carboxylic acids is 1. The van der Waals surface area contributed by atoms with E-state index >= 15 is 0 Å². The molecule has 1 aliphatic rings. The molecule has 1 amide bonds. The number of rotatable bonds is 2. The van der Waals surface area contributed by atoms with Crippen molar-refractivity contribution in [3.05, 3.63) is 0 Å². The molecule has 0 spiro atoms. The zero-order chi connectivity index (χ0) is 11.5. The molecule has 1 heterocycles. The largest absolute Gasteiger partial charge is 0.342 e. The molecule has 0 saturated carbocycles. The van der Waals surface area contributed by atoms with Crippen LogP contribution in [0.1, 0.15) is 46.5 Å². The number of amides is 1. The van der Waals surface area contributed by atoms with Crippen molar-refractivity contribution in [2.45, 2.75) is 51.3 Å². The summed E-state index contributed by atoms with van der Waals surface area (Å²) in [6, 6.07) is 0. The summed E-state index contributed by atoms with van der Waals surface area (Å²) in [5.41, 5.74) is 0.406. The van der Waals surface area contributed by atoms with Crippen LogP contribution in [0.5, 0.6) is 0 Å². The van der Waals surface area contributed by atoms with E-state index in [4.69, 9.17) is 0 Å². The maximum Gasteiger partial charge on any atom is 0.236 e. The Morgan fingerprint density at radius 2 is 2.07 bits per heavy atom. The second-order valence-corrected chi connectivity index (χ2v) is 6.32. The maximum absolute atomic E-state index is 12.0. The van der Waals surface area contributed by atoms with Gasteiger partial charge in [-0.3, -0.25) is 4.79 Å². The average Bonchev–Trinajstić information content (AvgIpc) is 2.37. The smallest absolute Gasteiger partial charge is 0.236 e. The van der Waals surface area contributed by atoms with Crippen LogP contribution in [0.25, 0.3) is 0 Å². The highest BCUT2D eigenvalue weighted by Crippen LogP contribution is 2.30. The molecule has 1 rings (SSSR count). The number of likely N-dealkylation sites (tertiary alicyclic amines) is 1. The average molecular weight is 276 g/mol. The number of carbonyl (C=O) groups is 1. The van der Waals surface area contributed by atoms with E-state index in [1.165, 1.54) is 6.42 Å². The Hall–Kier alpha value is -0.0500. The standard InChI is InChI=1S/C12H22BrNO/c1-4-10(13)11(15)14-8-5-6-12(2,3)7-9-14/h10H,4-9H2,1-3H3. The zero-order valence-corrected chi connectivity index (χ0v) is 11.6. The van der Waals surface area contributed by atoms with Gasteiger partial charge in [-0.1, -0.05) is 36.7 Å². The van der Waals surface area contributed by atoms with Crippen LogP contribution in [-0.4, -0.2) is 28.7 Å². The summed E-state index contributed by atoms with van der Waals surface area (Å²) in [5.74, 6) is 0.273. The van der Waals surface area contributed by atoms with Gasteiger partial charge in [-0.2, -0.15) is 0 Å². The second kappa shape index (κ2) is 5.33. The van der Waals surface area contributed by atoms with Crippen LogP contribution in [-0.2, 0) is 4.79 Å². The van der Waals surface area contributed by atoms with E-state index in [0.29, 0.717) is 5.41 Å². The second-order valence-electron chi connectivity index (χ2n) is 5.22. The van der Waals surface area contributed by atoms with E-state index in [-0.39, 0.29) is 10.7 Å². The summed E-state index contributed by atoms with van der Waals surface area (Å²) in [7, 11) is 0. The van der Waals surface area contributed by atoms with E-state index in [2.05, 4.69) is 29.8 Å². The van der Waals surface area contributed by atoms with E-state index in [9.17, 15) is 4.79 Å². The van der Waals surface area contributed by atoms with Crippen molar-refractivity contribution >= 4 is 21.8 Å². The lowest BCUT2D eigenvalue weighted by molar-refractivity contribution is -0.130. The van der Waals surface area contributed by atoms with Crippen LogP contribution in [0.15, 0.2) is 0 Å². The van der Waals surface area contributed by atoms with Gasteiger partial charge in [0.25, 0.3) is 0 Å². The summed E-state index contributed by atoms with van der Waals surface area (Å²) < 4.78 is 0. The van der Waals surface area contributed by atoms with Crippen molar-refractivity contribution < 1.29 is 4.79 Å². The van der Waals surface area contributed by atoms with Gasteiger partial charge in [-0.15, -0.1) is 0 Å². The molecule has 15 heavy (non-hydrogen) atoms. The van der Waals surface area contributed by atoms with Crippen molar-refractivity contribution in [1.82, 2.24) is 4.90 Å². The van der Waals surface area contributed by atoms with Gasteiger partial charge in [0.1, 0.15) is 0 Å². The maximum atomic E-state index is 12.0. The predicted molar refractivity (Wildman–Crippen MR) is 67.2 cm³/mol. The summed E-state index contributed by atoms with van der Waals surface area (Å²) in [5, 5.41) is 0. The van der Waals surface area contributed by atoms with Crippen LogP contribution < -0.4 is 0 Å². The Morgan fingerprint density at radius 1 is 1.40 bits per heavy atom. The van der Waals surface area contributed by atoms with E-state index in [1.807, 2.05) is 11.8 Å². The van der Waals surface area contributed by atoms with Gasteiger partial charge >= 0.3 is 0 Å². The monoisotopic (exact) mass is 275 g/mol.